The van der Waals surface area contributed by atoms with Gasteiger partial charge in [-0.3, -0.25) is 4.79 Å². The predicted molar refractivity (Wildman–Crippen MR) is 66.4 cm³/mol. The van der Waals surface area contributed by atoms with Crippen LogP contribution in [-0.4, -0.2) is 30.7 Å². The molecule has 2 rings (SSSR count). The number of hydrogen-bond acceptors (Lipinski definition) is 4. The third-order valence-electron chi connectivity index (χ3n) is 2.98. The van der Waals surface area contributed by atoms with Gasteiger partial charge in [-0.2, -0.15) is 0 Å². The van der Waals surface area contributed by atoms with Crippen LogP contribution in [0.4, 0.5) is 0 Å². The fraction of sp³-hybridized carbons (Fsp3) is 0.385. The summed E-state index contributed by atoms with van der Waals surface area (Å²) in [4.78, 5) is 21.9. The second-order valence-electron chi connectivity index (χ2n) is 4.35. The van der Waals surface area contributed by atoms with Gasteiger partial charge < -0.3 is 19.9 Å². The van der Waals surface area contributed by atoms with Gasteiger partial charge in [0.2, 0.25) is 0 Å². The summed E-state index contributed by atoms with van der Waals surface area (Å²) in [5.74, 6) is -1.36. The first-order valence-electron chi connectivity index (χ1n) is 5.88. The molecule has 0 fully saturated rings. The Bertz CT molecular complexity index is 526. The van der Waals surface area contributed by atoms with Crippen LogP contribution in [0.3, 0.4) is 0 Å². The summed E-state index contributed by atoms with van der Waals surface area (Å²) < 4.78 is 10.8. The second-order valence-corrected chi connectivity index (χ2v) is 4.35. The molecule has 0 aromatic heterocycles. The highest BCUT2D eigenvalue weighted by atomic mass is 16.5. The molecule has 19 heavy (non-hydrogen) atoms. The number of rotatable bonds is 2. The van der Waals surface area contributed by atoms with Gasteiger partial charge in [0.15, 0.2) is 11.5 Å². The highest BCUT2D eigenvalue weighted by Crippen LogP contribution is 2.40. The SMILES string of the molecule is COc1cc(C)cc2c1OCCC2NC(=O)C(=O)O. The van der Waals surface area contributed by atoms with E-state index in [1.165, 1.54) is 7.11 Å². The molecule has 0 saturated carbocycles. The number of carbonyl (C=O) groups is 2. The number of aryl methyl sites for hydroxylation is 1. The maximum absolute atomic E-state index is 11.3. The van der Waals surface area contributed by atoms with E-state index in [-0.39, 0.29) is 6.04 Å². The van der Waals surface area contributed by atoms with Gasteiger partial charge in [0.05, 0.1) is 19.8 Å². The zero-order valence-electron chi connectivity index (χ0n) is 10.7. The van der Waals surface area contributed by atoms with Gasteiger partial charge in [-0.25, -0.2) is 4.79 Å². The molecular formula is C13H15NO5. The number of benzene rings is 1. The van der Waals surface area contributed by atoms with E-state index in [0.717, 1.165) is 11.1 Å². The average Bonchev–Trinajstić information content (AvgIpc) is 2.38. The lowest BCUT2D eigenvalue weighted by atomic mass is 9.98. The Labute approximate surface area is 110 Å². The van der Waals surface area contributed by atoms with E-state index in [9.17, 15) is 9.59 Å². The van der Waals surface area contributed by atoms with Crippen molar-refractivity contribution in [2.24, 2.45) is 0 Å². The van der Waals surface area contributed by atoms with Crippen molar-refractivity contribution in [1.29, 1.82) is 0 Å². The van der Waals surface area contributed by atoms with Crippen molar-refractivity contribution in [2.45, 2.75) is 19.4 Å². The molecule has 0 radical (unpaired) electrons. The summed E-state index contributed by atoms with van der Waals surface area (Å²) in [5, 5.41) is 11.1. The molecule has 1 aromatic rings. The first-order chi connectivity index (χ1) is 9.02. The van der Waals surface area contributed by atoms with Crippen LogP contribution in [-0.2, 0) is 9.59 Å². The number of carboxylic acids is 1. The van der Waals surface area contributed by atoms with Crippen molar-refractivity contribution >= 4 is 11.9 Å². The van der Waals surface area contributed by atoms with Gasteiger partial charge in [0.25, 0.3) is 0 Å². The van der Waals surface area contributed by atoms with E-state index in [0.29, 0.717) is 24.5 Å². The average molecular weight is 265 g/mol. The van der Waals surface area contributed by atoms with Gasteiger partial charge in [-0.05, 0) is 18.6 Å². The molecule has 0 spiro atoms. The maximum Gasteiger partial charge on any atom is 0.394 e. The molecule has 1 aliphatic rings. The highest BCUT2D eigenvalue weighted by Gasteiger charge is 2.27. The third kappa shape index (κ3) is 2.62. The number of amides is 1. The van der Waals surface area contributed by atoms with Crippen molar-refractivity contribution in [3.63, 3.8) is 0 Å². The first-order valence-corrected chi connectivity index (χ1v) is 5.88. The van der Waals surface area contributed by atoms with Crippen LogP contribution in [0.25, 0.3) is 0 Å². The van der Waals surface area contributed by atoms with E-state index < -0.39 is 11.9 Å². The van der Waals surface area contributed by atoms with Gasteiger partial charge >= 0.3 is 11.9 Å². The molecule has 1 amide bonds. The molecule has 1 atom stereocenters. The van der Waals surface area contributed by atoms with Crippen molar-refractivity contribution in [3.05, 3.63) is 23.3 Å². The van der Waals surface area contributed by atoms with Crippen molar-refractivity contribution in [1.82, 2.24) is 5.32 Å². The molecule has 1 aromatic carbocycles. The lowest BCUT2D eigenvalue weighted by molar-refractivity contribution is -0.150. The van der Waals surface area contributed by atoms with Crippen molar-refractivity contribution in [2.75, 3.05) is 13.7 Å². The first kappa shape index (κ1) is 13.2. The minimum Gasteiger partial charge on any atom is -0.493 e. The zero-order valence-corrected chi connectivity index (χ0v) is 10.7. The molecule has 102 valence electrons. The normalized spacial score (nSPS) is 17.1. The summed E-state index contributed by atoms with van der Waals surface area (Å²) in [6, 6.07) is 3.32. The number of aliphatic carboxylic acids is 1. The monoisotopic (exact) mass is 265 g/mol. The van der Waals surface area contributed by atoms with E-state index in [1.54, 1.807) is 0 Å². The number of ether oxygens (including phenoxy) is 2. The Morgan fingerprint density at radius 2 is 2.21 bits per heavy atom. The summed E-state index contributed by atoms with van der Waals surface area (Å²) in [5.41, 5.74) is 1.70. The molecular weight excluding hydrogens is 250 g/mol. The number of hydrogen-bond donors (Lipinski definition) is 2. The van der Waals surface area contributed by atoms with Crippen LogP contribution in [0, 0.1) is 6.92 Å². The van der Waals surface area contributed by atoms with Crippen LogP contribution in [0.5, 0.6) is 11.5 Å². The number of carbonyl (C=O) groups excluding carboxylic acids is 1. The maximum atomic E-state index is 11.3. The van der Waals surface area contributed by atoms with E-state index in [1.807, 2.05) is 19.1 Å². The molecule has 6 nitrogen and oxygen atoms in total. The third-order valence-corrected chi connectivity index (χ3v) is 2.98. The number of fused-ring (bicyclic) bond motifs is 1. The van der Waals surface area contributed by atoms with E-state index in [4.69, 9.17) is 14.6 Å². The van der Waals surface area contributed by atoms with E-state index >= 15 is 0 Å². The van der Waals surface area contributed by atoms with Crippen molar-refractivity contribution in [3.8, 4) is 11.5 Å². The predicted octanol–water partition coefficient (Wildman–Crippen LogP) is 1.03. The molecule has 1 heterocycles. The Morgan fingerprint density at radius 3 is 2.84 bits per heavy atom. The molecule has 1 unspecified atom stereocenters. The standard InChI is InChI=1S/C13H15NO5/c1-7-5-8-9(14-12(15)13(16)17)3-4-19-11(8)10(6-7)18-2/h5-6,9H,3-4H2,1-2H3,(H,14,15)(H,16,17). The number of methoxy groups -OCH3 is 1. The van der Waals surface area contributed by atoms with Crippen LogP contribution >= 0.6 is 0 Å². The van der Waals surface area contributed by atoms with Gasteiger partial charge in [-0.15, -0.1) is 0 Å². The lowest BCUT2D eigenvalue weighted by Crippen LogP contribution is -2.36. The Hall–Kier alpha value is -2.24. The van der Waals surface area contributed by atoms with Crippen LogP contribution < -0.4 is 14.8 Å². The molecule has 0 bridgehead atoms. The summed E-state index contributed by atoms with van der Waals surface area (Å²) in [6.07, 6.45) is 0.526. The second kappa shape index (κ2) is 5.17. The molecule has 0 saturated heterocycles. The summed E-state index contributed by atoms with van der Waals surface area (Å²) in [6.45, 7) is 2.30. The fourth-order valence-electron chi connectivity index (χ4n) is 2.14. The molecule has 0 aliphatic carbocycles. The Balaban J connectivity index is 2.35. The molecule has 1 aliphatic heterocycles. The number of carboxylic acid groups (broad SMARTS) is 1. The fourth-order valence-corrected chi connectivity index (χ4v) is 2.14. The highest BCUT2D eigenvalue weighted by molar-refractivity contribution is 6.31. The summed E-state index contributed by atoms with van der Waals surface area (Å²) >= 11 is 0. The molecule has 2 N–H and O–H groups in total. The largest absolute Gasteiger partial charge is 0.493 e. The van der Waals surface area contributed by atoms with Crippen LogP contribution in [0.15, 0.2) is 12.1 Å². The summed E-state index contributed by atoms with van der Waals surface area (Å²) in [7, 11) is 1.54. The van der Waals surface area contributed by atoms with Crippen LogP contribution in [0.1, 0.15) is 23.6 Å². The Kier molecular flexibility index (Phi) is 3.59. The smallest absolute Gasteiger partial charge is 0.394 e. The minimum atomic E-state index is -1.49. The number of nitrogens with one attached hydrogen (secondary N) is 1. The minimum absolute atomic E-state index is 0.374. The molecule has 6 heteroatoms. The van der Waals surface area contributed by atoms with Crippen LogP contribution in [0.2, 0.25) is 0 Å². The lowest BCUT2D eigenvalue weighted by Gasteiger charge is -2.27. The van der Waals surface area contributed by atoms with Gasteiger partial charge in [-0.1, -0.05) is 6.07 Å². The quantitative estimate of drug-likeness (QED) is 0.780. The zero-order chi connectivity index (χ0) is 14.0. The van der Waals surface area contributed by atoms with Gasteiger partial charge in [0.1, 0.15) is 0 Å². The Morgan fingerprint density at radius 1 is 1.47 bits per heavy atom. The van der Waals surface area contributed by atoms with Gasteiger partial charge in [0, 0.05) is 12.0 Å². The topological polar surface area (TPSA) is 84.9 Å². The van der Waals surface area contributed by atoms with E-state index in [2.05, 4.69) is 5.32 Å². The van der Waals surface area contributed by atoms with Crippen molar-refractivity contribution < 1.29 is 24.2 Å².